The lowest BCUT2D eigenvalue weighted by Gasteiger charge is -2.42. The van der Waals surface area contributed by atoms with Gasteiger partial charge in [-0.3, -0.25) is 9.59 Å². The number of aliphatic hydroxyl groups excluding tert-OH is 7. The third-order valence-electron chi connectivity index (χ3n) is 11.7. The summed E-state index contributed by atoms with van der Waals surface area (Å²) < 4.78 is 33.5. The second-order valence-corrected chi connectivity index (χ2v) is 17.9. The van der Waals surface area contributed by atoms with Crippen LogP contribution in [0.2, 0.25) is 0 Å². The van der Waals surface area contributed by atoms with Gasteiger partial charge in [0.15, 0.2) is 18.7 Å². The van der Waals surface area contributed by atoms with Crippen molar-refractivity contribution in [2.75, 3.05) is 26.4 Å². The van der Waals surface area contributed by atoms with Gasteiger partial charge in [0.2, 0.25) is 0 Å². The normalized spacial score (nSPS) is 25.9. The molecule has 0 saturated carbocycles. The molecule has 15 nitrogen and oxygen atoms in total. The molecule has 15 heteroatoms. The van der Waals surface area contributed by atoms with Gasteiger partial charge in [0.25, 0.3) is 0 Å². The quantitative estimate of drug-likeness (QED) is 0.0176. The Morgan fingerprint density at radius 1 is 0.444 bits per heavy atom. The number of hydrogen-bond donors (Lipinski definition) is 7. The third-order valence-corrected chi connectivity index (χ3v) is 11.7. The van der Waals surface area contributed by atoms with Crippen molar-refractivity contribution in [2.45, 2.75) is 210 Å². The van der Waals surface area contributed by atoms with Crippen molar-refractivity contribution in [1.82, 2.24) is 0 Å². The lowest BCUT2D eigenvalue weighted by Crippen LogP contribution is -2.61. The van der Waals surface area contributed by atoms with Crippen molar-refractivity contribution >= 4 is 11.9 Å². The molecule has 2 heterocycles. The van der Waals surface area contributed by atoms with Crippen molar-refractivity contribution in [3.8, 4) is 0 Å². The van der Waals surface area contributed by atoms with Gasteiger partial charge in [0.05, 0.1) is 19.8 Å². The maximum absolute atomic E-state index is 13.0. The van der Waals surface area contributed by atoms with Gasteiger partial charge < -0.3 is 64.2 Å². The molecule has 2 saturated heterocycles. The topological polar surface area (TPSA) is 231 Å². The van der Waals surface area contributed by atoms with Crippen molar-refractivity contribution in [2.24, 2.45) is 0 Å². The lowest BCUT2D eigenvalue weighted by molar-refractivity contribution is -0.332. The summed E-state index contributed by atoms with van der Waals surface area (Å²) in [6.45, 7) is 2.28. The van der Waals surface area contributed by atoms with E-state index in [1.54, 1.807) is 0 Å². The number of esters is 2. The Balaban J connectivity index is 1.83. The molecule has 0 aromatic heterocycles. The highest BCUT2D eigenvalue weighted by molar-refractivity contribution is 5.70. The molecule has 0 bridgehead atoms. The van der Waals surface area contributed by atoms with E-state index in [0.717, 1.165) is 103 Å². The predicted octanol–water partition coefficient (Wildman–Crippen LogP) is 7.93. The Bertz CT molecular complexity index is 1660. The highest BCUT2D eigenvalue weighted by Crippen LogP contribution is 2.26. The van der Waals surface area contributed by atoms with Crippen LogP contribution >= 0.6 is 0 Å². The predicted molar refractivity (Wildman–Crippen MR) is 279 cm³/mol. The SMILES string of the molecule is CC/C=C\C/C=C\C/C=C\C/C=C\C/C=C\CCCCCC(=O)OC(COC(=O)CCCCCC/C=C\C/C=C\C/C=C\C/C=C\CC)COC1OC(COC2OC(CO)C(O)C(O)C2O)C(O)C(O)C1O. The fourth-order valence-corrected chi connectivity index (χ4v) is 7.47. The first-order valence-electron chi connectivity index (χ1n) is 26.5. The van der Waals surface area contributed by atoms with Crippen LogP contribution in [0.25, 0.3) is 0 Å². The van der Waals surface area contributed by atoms with Crippen LogP contribution in [0, 0.1) is 0 Å². The molecule has 0 aliphatic carbocycles. The number of carbonyl (C=O) groups excluding carboxylic acids is 2. The number of rotatable bonds is 39. The van der Waals surface area contributed by atoms with Crippen LogP contribution in [0.5, 0.6) is 0 Å². The number of carbonyl (C=O) groups is 2. The van der Waals surface area contributed by atoms with E-state index in [-0.39, 0.29) is 19.4 Å². The van der Waals surface area contributed by atoms with Crippen LogP contribution in [0.1, 0.15) is 142 Å². The number of ether oxygens (including phenoxy) is 6. The van der Waals surface area contributed by atoms with Gasteiger partial charge in [-0.05, 0) is 96.3 Å². The van der Waals surface area contributed by atoms with Gasteiger partial charge in [-0.15, -0.1) is 0 Å². The van der Waals surface area contributed by atoms with E-state index in [4.69, 9.17) is 28.4 Å². The second kappa shape index (κ2) is 42.5. The molecule has 2 rings (SSSR count). The number of allylic oxidation sites excluding steroid dienone is 18. The number of unbranched alkanes of at least 4 members (excludes halogenated alkanes) is 7. The van der Waals surface area contributed by atoms with Crippen molar-refractivity contribution in [1.29, 1.82) is 0 Å². The van der Waals surface area contributed by atoms with Crippen LogP contribution in [0.3, 0.4) is 0 Å². The van der Waals surface area contributed by atoms with E-state index in [2.05, 4.69) is 123 Å². The average molecular weight is 1020 g/mol. The van der Waals surface area contributed by atoms with Crippen LogP contribution in [-0.4, -0.2) is 142 Å². The molecule has 0 aromatic rings. The molecule has 7 N–H and O–H groups in total. The fraction of sp³-hybridized carbons (Fsp3) is 0.649. The zero-order chi connectivity index (χ0) is 52.4. The molecule has 0 radical (unpaired) electrons. The van der Waals surface area contributed by atoms with Gasteiger partial charge >= 0.3 is 11.9 Å². The van der Waals surface area contributed by atoms with Gasteiger partial charge in [0.1, 0.15) is 55.4 Å². The smallest absolute Gasteiger partial charge is 0.306 e. The maximum Gasteiger partial charge on any atom is 0.306 e. The van der Waals surface area contributed by atoms with Crippen LogP contribution in [0.4, 0.5) is 0 Å². The molecule has 2 fully saturated rings. The zero-order valence-electron chi connectivity index (χ0n) is 43.1. The molecule has 11 atom stereocenters. The standard InChI is InChI=1S/C57H90O15/c1-3-5-7-9-11-13-15-17-19-21-22-24-26-28-30-32-34-36-38-40-49(60)70-45(42-67-48(59)39-37-35-33-31-29-27-25-23-20-18-16-14-12-10-8-6-4-2)43-68-56-55(66)53(64)51(62)47(72-56)44-69-57-54(65)52(63)50(61)46(41-58)71-57/h5-8,11-14,17-20,22,24-25,27-28,30,45-47,50-58,61-66H,3-4,9-10,15-16,21,23,26,29,31-44H2,1-2H3/b7-5-,8-6-,13-11-,14-12-,19-17-,20-18-,24-22-,27-25-,30-28-. The van der Waals surface area contributed by atoms with Crippen LogP contribution < -0.4 is 0 Å². The molecular weight excluding hydrogens is 925 g/mol. The first-order chi connectivity index (χ1) is 35.0. The number of hydrogen-bond acceptors (Lipinski definition) is 15. The zero-order valence-corrected chi connectivity index (χ0v) is 43.1. The Morgan fingerprint density at radius 3 is 1.31 bits per heavy atom. The Kier molecular flexibility index (Phi) is 37.9. The molecule has 2 aliphatic heterocycles. The Labute approximate surface area is 430 Å². The molecule has 0 amide bonds. The minimum absolute atomic E-state index is 0.113. The summed E-state index contributed by atoms with van der Waals surface area (Å²) in [5.74, 6) is -1.00. The first-order valence-corrected chi connectivity index (χ1v) is 26.5. The minimum Gasteiger partial charge on any atom is -0.462 e. The van der Waals surface area contributed by atoms with Crippen molar-refractivity contribution < 1.29 is 73.8 Å². The van der Waals surface area contributed by atoms with E-state index < -0.39 is 99.3 Å². The summed E-state index contributed by atoms with van der Waals surface area (Å²) >= 11 is 0. The maximum atomic E-state index is 13.0. The largest absolute Gasteiger partial charge is 0.462 e. The van der Waals surface area contributed by atoms with E-state index in [9.17, 15) is 45.3 Å². The number of aliphatic hydroxyl groups is 7. The summed E-state index contributed by atoms with van der Waals surface area (Å²) in [6.07, 6.45) is 38.2. The fourth-order valence-electron chi connectivity index (χ4n) is 7.47. The summed E-state index contributed by atoms with van der Waals surface area (Å²) in [6, 6.07) is 0. The van der Waals surface area contributed by atoms with E-state index >= 15 is 0 Å². The molecule has 2 aliphatic rings. The van der Waals surface area contributed by atoms with Crippen LogP contribution in [-0.2, 0) is 38.0 Å². The van der Waals surface area contributed by atoms with Gasteiger partial charge in [-0.2, -0.15) is 0 Å². The summed E-state index contributed by atoms with van der Waals surface area (Å²) in [7, 11) is 0. The molecular formula is C57H90O15. The van der Waals surface area contributed by atoms with E-state index in [1.807, 2.05) is 0 Å². The van der Waals surface area contributed by atoms with Gasteiger partial charge in [-0.1, -0.05) is 142 Å². The average Bonchev–Trinajstić information content (AvgIpc) is 3.37. The molecule has 72 heavy (non-hydrogen) atoms. The molecule has 408 valence electrons. The highest BCUT2D eigenvalue weighted by atomic mass is 16.7. The summed E-state index contributed by atoms with van der Waals surface area (Å²) in [5.41, 5.74) is 0. The van der Waals surface area contributed by atoms with Crippen molar-refractivity contribution in [3.05, 3.63) is 109 Å². The third kappa shape index (κ3) is 29.8. The molecule has 11 unspecified atom stereocenters. The first kappa shape index (κ1) is 64.3. The van der Waals surface area contributed by atoms with Crippen LogP contribution in [0.15, 0.2) is 109 Å². The van der Waals surface area contributed by atoms with Gasteiger partial charge in [0, 0.05) is 12.8 Å². The second-order valence-electron chi connectivity index (χ2n) is 17.9. The Hall–Kier alpha value is -3.84. The van der Waals surface area contributed by atoms with Crippen molar-refractivity contribution in [3.63, 3.8) is 0 Å². The summed E-state index contributed by atoms with van der Waals surface area (Å²) in [5, 5.41) is 72.2. The van der Waals surface area contributed by atoms with Gasteiger partial charge in [-0.25, -0.2) is 0 Å². The summed E-state index contributed by atoms with van der Waals surface area (Å²) in [4.78, 5) is 25.8. The lowest BCUT2D eigenvalue weighted by atomic mass is 9.98. The monoisotopic (exact) mass is 1010 g/mol. The van der Waals surface area contributed by atoms with E-state index in [0.29, 0.717) is 12.8 Å². The van der Waals surface area contributed by atoms with E-state index in [1.165, 1.54) is 0 Å². The molecule has 0 aromatic carbocycles. The Morgan fingerprint density at radius 2 is 0.833 bits per heavy atom. The minimum atomic E-state index is -1.78. The highest BCUT2D eigenvalue weighted by Gasteiger charge is 2.47. The molecule has 0 spiro atoms.